The summed E-state index contributed by atoms with van der Waals surface area (Å²) in [6.07, 6.45) is 7.61. The summed E-state index contributed by atoms with van der Waals surface area (Å²) in [5.41, 5.74) is 11.2. The highest BCUT2D eigenvalue weighted by Gasteiger charge is 2.10. The van der Waals surface area contributed by atoms with Crippen LogP contribution in [0.5, 0.6) is 0 Å². The van der Waals surface area contributed by atoms with Gasteiger partial charge in [-0.25, -0.2) is 0 Å². The Bertz CT molecular complexity index is 263. The molecule has 4 heteroatoms. The van der Waals surface area contributed by atoms with E-state index in [1.165, 1.54) is 0 Å². The topological polar surface area (TPSA) is 78.9 Å². The largest absolute Gasteiger partial charge is 0.377 e. The predicted octanol–water partition coefficient (Wildman–Crippen LogP) is 1.22. The SMILES string of the molecule is C=CCCC[N+](CCCC=C)=C(N)C(=N)N. The number of amidine groups is 2. The summed E-state index contributed by atoms with van der Waals surface area (Å²) < 4.78 is 1.95. The van der Waals surface area contributed by atoms with E-state index in [1.54, 1.807) is 0 Å². The molecule has 0 saturated carbocycles. The number of hydrogen-bond donors (Lipinski definition) is 3. The molecule has 0 aliphatic rings. The first-order valence-corrected chi connectivity index (χ1v) is 5.57. The van der Waals surface area contributed by atoms with Crippen LogP contribution in [-0.4, -0.2) is 29.3 Å². The average Bonchev–Trinajstić information content (AvgIpc) is 2.26. The Hall–Kier alpha value is -1.58. The molecule has 5 N–H and O–H groups in total. The van der Waals surface area contributed by atoms with Crippen molar-refractivity contribution in [3.63, 3.8) is 0 Å². The van der Waals surface area contributed by atoms with Gasteiger partial charge in [-0.1, -0.05) is 12.2 Å². The van der Waals surface area contributed by atoms with Gasteiger partial charge in [-0.3, -0.25) is 15.7 Å². The molecular formula is C12H23N4+. The number of hydrogen-bond acceptors (Lipinski definition) is 1. The maximum Gasteiger partial charge on any atom is 0.310 e. The molecule has 0 bridgehead atoms. The molecule has 0 aromatic rings. The maximum absolute atomic E-state index is 7.33. The molecular weight excluding hydrogens is 200 g/mol. The molecule has 0 heterocycles. The Morgan fingerprint density at radius 1 is 1.06 bits per heavy atom. The fourth-order valence-electron chi connectivity index (χ4n) is 1.38. The fourth-order valence-corrected chi connectivity index (χ4v) is 1.38. The van der Waals surface area contributed by atoms with Crippen molar-refractivity contribution in [2.45, 2.75) is 25.7 Å². The summed E-state index contributed by atoms with van der Waals surface area (Å²) in [6.45, 7) is 8.98. The number of nitrogens with two attached hydrogens (primary N) is 2. The quantitative estimate of drug-likeness (QED) is 0.190. The van der Waals surface area contributed by atoms with E-state index in [0.717, 1.165) is 38.8 Å². The van der Waals surface area contributed by atoms with Crippen molar-refractivity contribution in [3.05, 3.63) is 25.3 Å². The molecule has 90 valence electrons. The lowest BCUT2D eigenvalue weighted by atomic mass is 10.2. The van der Waals surface area contributed by atoms with E-state index >= 15 is 0 Å². The van der Waals surface area contributed by atoms with Crippen LogP contribution in [0.1, 0.15) is 25.7 Å². The van der Waals surface area contributed by atoms with Gasteiger partial charge in [0.25, 0.3) is 0 Å². The molecule has 0 amide bonds. The molecule has 0 aliphatic heterocycles. The first-order chi connectivity index (χ1) is 7.63. The van der Waals surface area contributed by atoms with Gasteiger partial charge in [0.1, 0.15) is 0 Å². The molecule has 0 spiro atoms. The second-order valence-corrected chi connectivity index (χ2v) is 3.65. The Balaban J connectivity index is 4.37. The number of rotatable bonds is 8. The number of allylic oxidation sites excluding steroid dienone is 2. The molecule has 0 unspecified atom stereocenters. The lowest BCUT2D eigenvalue weighted by Gasteiger charge is -2.08. The maximum atomic E-state index is 7.33. The summed E-state index contributed by atoms with van der Waals surface area (Å²) in [5.74, 6) is 0.310. The standard InChI is InChI=1S/C12H22N4/c1-3-5-7-9-16(10-8-6-4-2)12(15)11(13)14/h3-4,15H,1-2,5-10H2,(H3,13,14)/p+1. The van der Waals surface area contributed by atoms with Gasteiger partial charge in [-0.05, 0) is 25.7 Å². The first kappa shape index (κ1) is 14.4. The van der Waals surface area contributed by atoms with E-state index in [2.05, 4.69) is 13.2 Å². The second-order valence-electron chi connectivity index (χ2n) is 3.65. The fraction of sp³-hybridized carbons (Fsp3) is 0.500. The number of unbranched alkanes of at least 4 members (excludes halogenated alkanes) is 2. The zero-order valence-corrected chi connectivity index (χ0v) is 9.91. The molecule has 16 heavy (non-hydrogen) atoms. The summed E-state index contributed by atoms with van der Waals surface area (Å²) in [4.78, 5) is 0. The highest BCUT2D eigenvalue weighted by Crippen LogP contribution is 1.95. The van der Waals surface area contributed by atoms with Gasteiger partial charge in [0.15, 0.2) is 0 Å². The van der Waals surface area contributed by atoms with Gasteiger partial charge in [-0.2, -0.15) is 0 Å². The van der Waals surface area contributed by atoms with E-state index in [4.69, 9.17) is 16.9 Å². The van der Waals surface area contributed by atoms with Crippen molar-refractivity contribution in [2.24, 2.45) is 11.5 Å². The van der Waals surface area contributed by atoms with Crippen molar-refractivity contribution in [2.75, 3.05) is 13.1 Å². The molecule has 0 aromatic heterocycles. The van der Waals surface area contributed by atoms with E-state index in [9.17, 15) is 0 Å². The minimum absolute atomic E-state index is 0.0581. The van der Waals surface area contributed by atoms with Gasteiger partial charge < -0.3 is 5.73 Å². The van der Waals surface area contributed by atoms with Crippen molar-refractivity contribution < 1.29 is 4.58 Å². The van der Waals surface area contributed by atoms with Crippen molar-refractivity contribution in [1.29, 1.82) is 5.41 Å². The third-order valence-corrected chi connectivity index (χ3v) is 2.29. The van der Waals surface area contributed by atoms with E-state index in [-0.39, 0.29) is 5.84 Å². The molecule has 0 aromatic carbocycles. The molecule has 0 atom stereocenters. The van der Waals surface area contributed by atoms with Crippen LogP contribution in [0.2, 0.25) is 0 Å². The zero-order chi connectivity index (χ0) is 12.4. The van der Waals surface area contributed by atoms with Crippen molar-refractivity contribution in [1.82, 2.24) is 0 Å². The van der Waals surface area contributed by atoms with Crippen LogP contribution in [0.15, 0.2) is 25.3 Å². The predicted molar refractivity (Wildman–Crippen MR) is 70.0 cm³/mol. The Morgan fingerprint density at radius 3 is 1.81 bits per heavy atom. The highest BCUT2D eigenvalue weighted by molar-refractivity contribution is 6.35. The molecule has 0 rings (SSSR count). The van der Waals surface area contributed by atoms with Crippen LogP contribution >= 0.6 is 0 Å². The van der Waals surface area contributed by atoms with E-state index in [0.29, 0.717) is 5.84 Å². The number of nitrogens with zero attached hydrogens (tertiary/aromatic N) is 1. The van der Waals surface area contributed by atoms with E-state index < -0.39 is 0 Å². The summed E-state index contributed by atoms with van der Waals surface area (Å²) in [5, 5.41) is 7.33. The molecule has 0 saturated heterocycles. The van der Waals surface area contributed by atoms with Crippen LogP contribution in [0, 0.1) is 5.41 Å². The molecule has 0 radical (unpaired) electrons. The van der Waals surface area contributed by atoms with Gasteiger partial charge in [0.2, 0.25) is 5.84 Å². The van der Waals surface area contributed by atoms with Crippen molar-refractivity contribution >= 4 is 11.7 Å². The van der Waals surface area contributed by atoms with Gasteiger partial charge >= 0.3 is 5.84 Å². The third kappa shape index (κ3) is 6.01. The first-order valence-electron chi connectivity index (χ1n) is 5.57. The Kier molecular flexibility index (Phi) is 7.85. The summed E-state index contributed by atoms with van der Waals surface area (Å²) >= 11 is 0. The normalized spacial score (nSPS) is 9.50. The highest BCUT2D eigenvalue weighted by atomic mass is 15.1. The van der Waals surface area contributed by atoms with Crippen molar-refractivity contribution in [3.8, 4) is 0 Å². The van der Waals surface area contributed by atoms with Gasteiger partial charge in [-0.15, -0.1) is 13.2 Å². The van der Waals surface area contributed by atoms with Crippen LogP contribution in [-0.2, 0) is 0 Å². The summed E-state index contributed by atoms with van der Waals surface area (Å²) in [7, 11) is 0. The average molecular weight is 223 g/mol. The molecule has 4 nitrogen and oxygen atoms in total. The lowest BCUT2D eigenvalue weighted by Crippen LogP contribution is -2.40. The van der Waals surface area contributed by atoms with Crippen LogP contribution in [0.4, 0.5) is 0 Å². The van der Waals surface area contributed by atoms with Gasteiger partial charge in [0.05, 0.1) is 13.1 Å². The van der Waals surface area contributed by atoms with Crippen LogP contribution in [0.3, 0.4) is 0 Å². The summed E-state index contributed by atoms with van der Waals surface area (Å²) in [6, 6.07) is 0. The Labute approximate surface area is 97.8 Å². The Morgan fingerprint density at radius 2 is 1.50 bits per heavy atom. The molecule has 0 fully saturated rings. The monoisotopic (exact) mass is 223 g/mol. The minimum atomic E-state index is -0.0581. The number of nitrogens with one attached hydrogen (secondary N) is 1. The lowest BCUT2D eigenvalue weighted by molar-refractivity contribution is -0.528. The minimum Gasteiger partial charge on any atom is -0.377 e. The zero-order valence-electron chi connectivity index (χ0n) is 9.91. The second kappa shape index (κ2) is 8.71. The van der Waals surface area contributed by atoms with Crippen LogP contribution < -0.4 is 11.5 Å². The van der Waals surface area contributed by atoms with Crippen LogP contribution in [0.25, 0.3) is 0 Å². The van der Waals surface area contributed by atoms with Gasteiger partial charge in [0, 0.05) is 0 Å². The third-order valence-electron chi connectivity index (χ3n) is 2.29. The molecule has 0 aliphatic carbocycles. The smallest absolute Gasteiger partial charge is 0.310 e. The van der Waals surface area contributed by atoms with E-state index in [1.807, 2.05) is 16.7 Å².